The van der Waals surface area contributed by atoms with Crippen LogP contribution >= 0.6 is 11.6 Å². The van der Waals surface area contributed by atoms with Crippen molar-refractivity contribution < 1.29 is 28.7 Å². The minimum Gasteiger partial charge on any atom is -0.444 e. The summed E-state index contributed by atoms with van der Waals surface area (Å²) in [4.78, 5) is 56.5. The number of rotatable bonds is 7. The fraction of sp³-hybridized carbons (Fsp3) is 0.529. The maximum Gasteiger partial charge on any atom is 0.410 e. The third kappa shape index (κ3) is 9.12. The number of amides is 4. The maximum atomic E-state index is 14.3. The first-order chi connectivity index (χ1) is 21.1. The molecule has 2 aliphatic heterocycles. The summed E-state index contributed by atoms with van der Waals surface area (Å²) in [7, 11) is 0. The number of benzene rings is 2. The normalized spacial score (nSPS) is 20.1. The van der Waals surface area contributed by atoms with Crippen molar-refractivity contribution in [2.75, 3.05) is 13.1 Å². The molecule has 2 aliphatic rings. The minimum atomic E-state index is -0.783. The monoisotopic (exact) mass is 640 g/mol. The van der Waals surface area contributed by atoms with Crippen LogP contribution in [0.2, 0.25) is 5.02 Å². The first kappa shape index (κ1) is 34.1. The molecule has 0 bridgehead atoms. The first-order valence-corrected chi connectivity index (χ1v) is 15.9. The van der Waals surface area contributed by atoms with Crippen molar-refractivity contribution in [2.24, 2.45) is 0 Å². The summed E-state index contributed by atoms with van der Waals surface area (Å²) >= 11 is 6.27. The molecule has 2 fully saturated rings. The lowest BCUT2D eigenvalue weighted by Crippen LogP contribution is -2.54. The van der Waals surface area contributed by atoms with Crippen molar-refractivity contribution in [1.82, 2.24) is 20.4 Å². The highest BCUT2D eigenvalue weighted by Gasteiger charge is 2.48. The second-order valence-electron chi connectivity index (χ2n) is 13.6. The number of nitrogens with one attached hydrogen (secondary N) is 2. The predicted octanol–water partition coefficient (Wildman–Crippen LogP) is 5.77. The van der Waals surface area contributed by atoms with Gasteiger partial charge in [-0.1, -0.05) is 48.0 Å². The van der Waals surface area contributed by atoms with E-state index in [2.05, 4.69) is 10.6 Å². The molecule has 4 amide bonds. The fourth-order valence-electron chi connectivity index (χ4n) is 5.86. The van der Waals surface area contributed by atoms with Crippen LogP contribution in [0, 0.1) is 0 Å². The average Bonchev–Trinajstić information content (AvgIpc) is 3.62. The van der Waals surface area contributed by atoms with Gasteiger partial charge in [0.25, 0.3) is 0 Å². The van der Waals surface area contributed by atoms with Gasteiger partial charge in [0, 0.05) is 37.1 Å². The van der Waals surface area contributed by atoms with Crippen LogP contribution in [0.5, 0.6) is 0 Å². The number of nitrogens with zero attached hydrogens (tertiary/aromatic N) is 2. The molecule has 0 saturated carbocycles. The molecule has 2 heterocycles. The lowest BCUT2D eigenvalue weighted by molar-refractivity contribution is -0.142. The van der Waals surface area contributed by atoms with Crippen LogP contribution in [0.1, 0.15) is 83.4 Å². The van der Waals surface area contributed by atoms with Crippen LogP contribution in [0.4, 0.5) is 9.59 Å². The second kappa shape index (κ2) is 14.1. The molecule has 1 unspecified atom stereocenters. The molecule has 0 spiro atoms. The minimum absolute atomic E-state index is 0.156. The molecule has 45 heavy (non-hydrogen) atoms. The Morgan fingerprint density at radius 1 is 0.822 bits per heavy atom. The zero-order valence-corrected chi connectivity index (χ0v) is 27.8. The molecule has 0 radical (unpaired) electrons. The average molecular weight is 641 g/mol. The fourth-order valence-corrected chi connectivity index (χ4v) is 6.05. The Morgan fingerprint density at radius 3 is 2.16 bits per heavy atom. The summed E-state index contributed by atoms with van der Waals surface area (Å²) in [5.74, 6) is -0.762. The van der Waals surface area contributed by atoms with E-state index >= 15 is 0 Å². The van der Waals surface area contributed by atoms with Gasteiger partial charge in [-0.15, -0.1) is 0 Å². The standard InChI is InChI=1S/C34H45ClN4O6/c1-33(2,3)44-31(42)37-20-23-14-15-25(35)19-24(23)21-36-29(40)27-13-10-17-38(27)30(41)28-26(22-11-8-7-9-12-22)16-18-39(28)32(43)45-34(4,5)6/h7-9,11-12,14-15,19,26-28H,10,13,16-18,20-21H2,1-6H3,(H,36,40)(H,37,42)/t26?,27-,28-/m0/s1. The van der Waals surface area contributed by atoms with Crippen LogP contribution in [0.3, 0.4) is 0 Å². The summed E-state index contributed by atoms with van der Waals surface area (Å²) in [5.41, 5.74) is 1.13. The van der Waals surface area contributed by atoms with E-state index in [0.29, 0.717) is 37.4 Å². The highest BCUT2D eigenvalue weighted by molar-refractivity contribution is 6.30. The van der Waals surface area contributed by atoms with E-state index in [1.807, 2.05) is 30.3 Å². The Morgan fingerprint density at radius 2 is 1.49 bits per heavy atom. The Kier molecular flexibility index (Phi) is 10.7. The largest absolute Gasteiger partial charge is 0.444 e. The smallest absolute Gasteiger partial charge is 0.410 e. The van der Waals surface area contributed by atoms with Gasteiger partial charge in [0.15, 0.2) is 0 Å². The van der Waals surface area contributed by atoms with E-state index in [4.69, 9.17) is 21.1 Å². The predicted molar refractivity (Wildman–Crippen MR) is 172 cm³/mol. The molecule has 11 heteroatoms. The number of hydrogen-bond donors (Lipinski definition) is 2. The summed E-state index contributed by atoms with van der Waals surface area (Å²) in [6, 6.07) is 13.5. The van der Waals surface area contributed by atoms with Crippen LogP contribution in [0.15, 0.2) is 48.5 Å². The van der Waals surface area contributed by atoms with Crippen molar-refractivity contribution in [3.63, 3.8) is 0 Å². The first-order valence-electron chi connectivity index (χ1n) is 15.5. The topological polar surface area (TPSA) is 117 Å². The van der Waals surface area contributed by atoms with Crippen LogP contribution in [0.25, 0.3) is 0 Å². The van der Waals surface area contributed by atoms with Gasteiger partial charge in [-0.3, -0.25) is 14.5 Å². The Hall–Kier alpha value is -3.79. The number of alkyl carbamates (subject to hydrolysis) is 1. The number of hydrogen-bond acceptors (Lipinski definition) is 6. The molecule has 244 valence electrons. The number of ether oxygens (including phenoxy) is 2. The van der Waals surface area contributed by atoms with Crippen LogP contribution in [-0.2, 0) is 32.2 Å². The van der Waals surface area contributed by atoms with Gasteiger partial charge in [0.1, 0.15) is 23.3 Å². The highest BCUT2D eigenvalue weighted by atomic mass is 35.5. The van der Waals surface area contributed by atoms with Gasteiger partial charge in [-0.25, -0.2) is 9.59 Å². The van der Waals surface area contributed by atoms with E-state index in [1.54, 1.807) is 64.6 Å². The number of halogens is 1. The van der Waals surface area contributed by atoms with E-state index in [0.717, 1.165) is 16.7 Å². The molecule has 2 aromatic carbocycles. The molecular formula is C34H45ClN4O6. The molecular weight excluding hydrogens is 596 g/mol. The SMILES string of the molecule is CC(C)(C)OC(=O)NCc1ccc(Cl)cc1CNC(=O)[C@@H]1CCCN1C(=O)[C@@H]1C(c2ccccc2)CCN1C(=O)OC(C)(C)C. The van der Waals surface area contributed by atoms with E-state index < -0.39 is 35.5 Å². The summed E-state index contributed by atoms with van der Waals surface area (Å²) in [6.45, 7) is 11.9. The molecule has 0 aromatic heterocycles. The van der Waals surface area contributed by atoms with Crippen molar-refractivity contribution in [3.8, 4) is 0 Å². The molecule has 10 nitrogen and oxygen atoms in total. The van der Waals surface area contributed by atoms with Crippen LogP contribution < -0.4 is 10.6 Å². The zero-order valence-electron chi connectivity index (χ0n) is 27.0. The quantitative estimate of drug-likeness (QED) is 0.397. The molecule has 2 saturated heterocycles. The van der Waals surface area contributed by atoms with E-state index in [1.165, 1.54) is 4.90 Å². The second-order valence-corrected chi connectivity index (χ2v) is 14.0. The Labute approximate surface area is 270 Å². The summed E-state index contributed by atoms with van der Waals surface area (Å²) < 4.78 is 11.0. The maximum absolute atomic E-state index is 14.3. The van der Waals surface area contributed by atoms with Crippen molar-refractivity contribution in [3.05, 3.63) is 70.2 Å². The van der Waals surface area contributed by atoms with Gasteiger partial charge < -0.3 is 25.0 Å². The number of carbonyl (C=O) groups is 4. The lowest BCUT2D eigenvalue weighted by atomic mass is 9.90. The van der Waals surface area contributed by atoms with Crippen molar-refractivity contribution >= 4 is 35.6 Å². The van der Waals surface area contributed by atoms with Gasteiger partial charge in [0.05, 0.1) is 0 Å². The van der Waals surface area contributed by atoms with Crippen molar-refractivity contribution in [1.29, 1.82) is 0 Å². The third-order valence-corrected chi connectivity index (χ3v) is 8.02. The Balaban J connectivity index is 1.48. The Bertz CT molecular complexity index is 1390. The van der Waals surface area contributed by atoms with Crippen molar-refractivity contribution in [2.45, 2.75) is 103 Å². The number of likely N-dealkylation sites (tertiary alicyclic amines) is 2. The molecule has 0 aliphatic carbocycles. The zero-order chi connectivity index (χ0) is 32.9. The third-order valence-electron chi connectivity index (χ3n) is 7.79. The van der Waals surface area contributed by atoms with Crippen LogP contribution in [-0.4, -0.2) is 70.2 Å². The lowest BCUT2D eigenvalue weighted by Gasteiger charge is -2.34. The summed E-state index contributed by atoms with van der Waals surface area (Å²) in [6.07, 6.45) is 0.706. The van der Waals surface area contributed by atoms with E-state index in [-0.39, 0.29) is 30.8 Å². The molecule has 2 N–H and O–H groups in total. The van der Waals surface area contributed by atoms with Gasteiger partial charge in [-0.05, 0) is 89.6 Å². The highest BCUT2D eigenvalue weighted by Crippen LogP contribution is 2.37. The molecule has 4 rings (SSSR count). The number of carbonyl (C=O) groups excluding carboxylic acids is 4. The van der Waals surface area contributed by atoms with Gasteiger partial charge in [0.2, 0.25) is 11.8 Å². The summed E-state index contributed by atoms with van der Waals surface area (Å²) in [5, 5.41) is 6.21. The van der Waals surface area contributed by atoms with E-state index in [9.17, 15) is 19.2 Å². The molecule has 3 atom stereocenters. The van der Waals surface area contributed by atoms with Gasteiger partial charge >= 0.3 is 12.2 Å². The molecule has 2 aromatic rings. The van der Waals surface area contributed by atoms with Gasteiger partial charge in [-0.2, -0.15) is 0 Å².